The molecule has 9 heteroatoms. The quantitative estimate of drug-likeness (QED) is 0.433. The van der Waals surface area contributed by atoms with Crippen molar-refractivity contribution in [2.45, 2.75) is 31.1 Å². The molecule has 8 nitrogen and oxygen atoms in total. The van der Waals surface area contributed by atoms with E-state index in [-0.39, 0.29) is 23.2 Å². The lowest BCUT2D eigenvalue weighted by atomic mass is 10.00. The van der Waals surface area contributed by atoms with Crippen molar-refractivity contribution in [3.8, 4) is 0 Å². The zero-order valence-electron chi connectivity index (χ0n) is 17.6. The fourth-order valence-electron chi connectivity index (χ4n) is 3.22. The minimum atomic E-state index is -3.84. The Bertz CT molecular complexity index is 1350. The monoisotopic (exact) mass is 450 g/mol. The summed E-state index contributed by atoms with van der Waals surface area (Å²) < 4.78 is 32.8. The number of carbonyl (C=O) groups excluding carboxylic acids is 1. The SMILES string of the molecule is CC(C)c1ccc2occ(CC(=O)Nc3ccc(S(=O)(=O)Nc4ncccn4)cc3)c2c1. The summed E-state index contributed by atoms with van der Waals surface area (Å²) in [4.78, 5) is 20.3. The first-order valence-corrected chi connectivity index (χ1v) is 11.5. The van der Waals surface area contributed by atoms with E-state index in [9.17, 15) is 13.2 Å². The highest BCUT2D eigenvalue weighted by Crippen LogP contribution is 2.26. The standard InChI is InChI=1S/C23H22N4O4S/c1-15(2)16-4-9-21-20(12-16)17(14-31-21)13-22(28)26-18-5-7-19(8-6-18)32(29,30)27-23-24-10-3-11-25-23/h3-12,14-15H,13H2,1-2H3,(H,26,28)(H,24,25,27). The number of hydrogen-bond acceptors (Lipinski definition) is 6. The maximum absolute atomic E-state index is 12.6. The molecular formula is C23H22N4O4S. The van der Waals surface area contributed by atoms with Crippen molar-refractivity contribution in [3.63, 3.8) is 0 Å². The topological polar surface area (TPSA) is 114 Å². The fraction of sp³-hybridized carbons (Fsp3) is 0.174. The Morgan fingerprint density at radius 2 is 1.78 bits per heavy atom. The molecule has 0 aliphatic heterocycles. The van der Waals surface area contributed by atoms with Crippen LogP contribution in [0.5, 0.6) is 0 Å². The molecular weight excluding hydrogens is 428 g/mol. The fourth-order valence-corrected chi connectivity index (χ4v) is 4.18. The summed E-state index contributed by atoms with van der Waals surface area (Å²) >= 11 is 0. The molecule has 164 valence electrons. The van der Waals surface area contributed by atoms with Crippen molar-refractivity contribution in [2.75, 3.05) is 10.0 Å². The van der Waals surface area contributed by atoms with Crippen LogP contribution in [0, 0.1) is 0 Å². The number of sulfonamides is 1. The van der Waals surface area contributed by atoms with Crippen molar-refractivity contribution in [2.24, 2.45) is 0 Å². The number of carbonyl (C=O) groups is 1. The molecule has 0 radical (unpaired) electrons. The Kier molecular flexibility index (Phi) is 5.91. The average molecular weight is 451 g/mol. The number of anilines is 2. The van der Waals surface area contributed by atoms with Crippen molar-refractivity contribution in [1.82, 2.24) is 9.97 Å². The second kappa shape index (κ2) is 8.80. The first-order chi connectivity index (χ1) is 15.3. The third kappa shape index (κ3) is 4.78. The number of rotatable bonds is 7. The van der Waals surface area contributed by atoms with Gasteiger partial charge in [0.1, 0.15) is 5.58 Å². The number of aromatic nitrogens is 2. The lowest BCUT2D eigenvalue weighted by Crippen LogP contribution is -2.16. The molecule has 0 saturated heterocycles. The summed E-state index contributed by atoms with van der Waals surface area (Å²) in [6, 6.07) is 13.5. The summed E-state index contributed by atoms with van der Waals surface area (Å²) in [6.45, 7) is 4.22. The second-order valence-corrected chi connectivity index (χ2v) is 9.28. The van der Waals surface area contributed by atoms with Gasteiger partial charge in [-0.2, -0.15) is 0 Å². The van der Waals surface area contributed by atoms with E-state index in [1.54, 1.807) is 12.3 Å². The van der Waals surface area contributed by atoms with Crippen LogP contribution in [0.15, 0.2) is 76.5 Å². The Balaban J connectivity index is 1.44. The first kappa shape index (κ1) is 21.5. The van der Waals surface area contributed by atoms with Gasteiger partial charge in [-0.1, -0.05) is 19.9 Å². The van der Waals surface area contributed by atoms with E-state index in [1.807, 2.05) is 12.1 Å². The molecule has 0 spiro atoms. The predicted molar refractivity (Wildman–Crippen MR) is 122 cm³/mol. The third-order valence-corrected chi connectivity index (χ3v) is 6.28. The summed E-state index contributed by atoms with van der Waals surface area (Å²) in [6.07, 6.45) is 4.62. The Hall–Kier alpha value is -3.72. The van der Waals surface area contributed by atoms with E-state index < -0.39 is 10.0 Å². The van der Waals surface area contributed by atoms with Gasteiger partial charge >= 0.3 is 0 Å². The van der Waals surface area contributed by atoms with Crippen molar-refractivity contribution in [3.05, 3.63) is 78.3 Å². The Morgan fingerprint density at radius 1 is 1.06 bits per heavy atom. The van der Waals surface area contributed by atoms with Crippen LogP contribution in [0.2, 0.25) is 0 Å². The smallest absolute Gasteiger partial charge is 0.264 e. The molecule has 0 fully saturated rings. The molecule has 4 rings (SSSR count). The minimum absolute atomic E-state index is 0.0159. The lowest BCUT2D eigenvalue weighted by molar-refractivity contribution is -0.115. The maximum atomic E-state index is 12.6. The van der Waals surface area contributed by atoms with Crippen LogP contribution >= 0.6 is 0 Å². The molecule has 0 atom stereocenters. The van der Waals surface area contributed by atoms with E-state index in [4.69, 9.17) is 4.42 Å². The van der Waals surface area contributed by atoms with Gasteiger partial charge in [-0.15, -0.1) is 0 Å². The average Bonchev–Trinajstić information content (AvgIpc) is 3.16. The Morgan fingerprint density at radius 3 is 2.47 bits per heavy atom. The number of nitrogens with zero attached hydrogens (tertiary/aromatic N) is 2. The predicted octanol–water partition coefficient (Wildman–Crippen LogP) is 4.33. The van der Waals surface area contributed by atoms with E-state index in [0.29, 0.717) is 11.6 Å². The van der Waals surface area contributed by atoms with Gasteiger partial charge in [0, 0.05) is 29.0 Å². The van der Waals surface area contributed by atoms with Gasteiger partial charge in [-0.25, -0.2) is 23.1 Å². The van der Waals surface area contributed by atoms with Crippen molar-refractivity contribution in [1.29, 1.82) is 0 Å². The third-order valence-electron chi connectivity index (χ3n) is 4.94. The molecule has 2 N–H and O–H groups in total. The number of nitrogens with one attached hydrogen (secondary N) is 2. The molecule has 0 unspecified atom stereocenters. The summed E-state index contributed by atoms with van der Waals surface area (Å²) in [5.74, 6) is 0.126. The molecule has 4 aromatic rings. The van der Waals surface area contributed by atoms with Gasteiger partial charge < -0.3 is 9.73 Å². The van der Waals surface area contributed by atoms with Crippen LogP contribution in [0.1, 0.15) is 30.9 Å². The summed E-state index contributed by atoms with van der Waals surface area (Å²) in [5.41, 5.74) is 3.19. The van der Waals surface area contributed by atoms with Crippen LogP contribution in [0.3, 0.4) is 0 Å². The number of hydrogen-bond donors (Lipinski definition) is 2. The van der Waals surface area contributed by atoms with E-state index >= 15 is 0 Å². The molecule has 2 heterocycles. The number of benzene rings is 2. The number of amides is 1. The first-order valence-electron chi connectivity index (χ1n) is 10.0. The van der Waals surface area contributed by atoms with Crippen LogP contribution in [0.25, 0.3) is 11.0 Å². The molecule has 0 saturated carbocycles. The van der Waals surface area contributed by atoms with Crippen LogP contribution in [-0.2, 0) is 21.2 Å². The van der Waals surface area contributed by atoms with Crippen LogP contribution in [0.4, 0.5) is 11.6 Å². The van der Waals surface area contributed by atoms with Gasteiger partial charge in [0.15, 0.2) is 0 Å². The van der Waals surface area contributed by atoms with E-state index in [1.165, 1.54) is 42.2 Å². The van der Waals surface area contributed by atoms with Gasteiger partial charge in [-0.05, 0) is 53.9 Å². The second-order valence-electron chi connectivity index (χ2n) is 7.60. The Labute approximate surface area is 185 Å². The lowest BCUT2D eigenvalue weighted by Gasteiger charge is -2.08. The summed E-state index contributed by atoms with van der Waals surface area (Å²) in [7, 11) is -3.84. The van der Waals surface area contributed by atoms with Crippen LogP contribution < -0.4 is 10.0 Å². The molecule has 0 aliphatic carbocycles. The highest BCUT2D eigenvalue weighted by molar-refractivity contribution is 7.92. The zero-order valence-corrected chi connectivity index (χ0v) is 18.4. The number of fused-ring (bicyclic) bond motifs is 1. The normalized spacial score (nSPS) is 11.6. The minimum Gasteiger partial charge on any atom is -0.464 e. The van der Waals surface area contributed by atoms with Crippen LogP contribution in [-0.4, -0.2) is 24.3 Å². The van der Waals surface area contributed by atoms with Gasteiger partial charge in [0.2, 0.25) is 11.9 Å². The largest absolute Gasteiger partial charge is 0.464 e. The van der Waals surface area contributed by atoms with E-state index in [0.717, 1.165) is 16.5 Å². The van der Waals surface area contributed by atoms with Crippen molar-refractivity contribution >= 4 is 38.5 Å². The van der Waals surface area contributed by atoms with Crippen molar-refractivity contribution < 1.29 is 17.6 Å². The van der Waals surface area contributed by atoms with E-state index in [2.05, 4.69) is 39.9 Å². The highest BCUT2D eigenvalue weighted by atomic mass is 32.2. The number of furan rings is 1. The zero-order chi connectivity index (χ0) is 22.7. The van der Waals surface area contributed by atoms with Gasteiger partial charge in [0.25, 0.3) is 10.0 Å². The highest BCUT2D eigenvalue weighted by Gasteiger charge is 2.16. The maximum Gasteiger partial charge on any atom is 0.264 e. The molecule has 2 aromatic carbocycles. The van der Waals surface area contributed by atoms with Gasteiger partial charge in [0.05, 0.1) is 17.6 Å². The summed E-state index contributed by atoms with van der Waals surface area (Å²) in [5, 5.41) is 3.71. The molecule has 32 heavy (non-hydrogen) atoms. The molecule has 0 bridgehead atoms. The van der Waals surface area contributed by atoms with Gasteiger partial charge in [-0.3, -0.25) is 4.79 Å². The molecule has 0 aliphatic rings. The molecule has 2 aromatic heterocycles. The molecule has 1 amide bonds.